The minimum Gasteiger partial charge on any atom is -0.480 e. The van der Waals surface area contributed by atoms with Crippen LogP contribution in [0, 0.1) is 11.6 Å². The zero-order valence-corrected chi connectivity index (χ0v) is 25.8. The molecular formula is C29H33F2N7O6S. The molecule has 0 unspecified atom stereocenters. The summed E-state index contributed by atoms with van der Waals surface area (Å²) in [7, 11) is -0.948. The van der Waals surface area contributed by atoms with Gasteiger partial charge in [-0.1, -0.05) is 13.8 Å². The first kappa shape index (κ1) is 31.8. The van der Waals surface area contributed by atoms with Crippen LogP contribution in [0.3, 0.4) is 0 Å². The summed E-state index contributed by atoms with van der Waals surface area (Å²) in [5.74, 6) is -4.82. The van der Waals surface area contributed by atoms with Gasteiger partial charge in [0.05, 0.1) is 27.4 Å². The van der Waals surface area contributed by atoms with Crippen LogP contribution in [-0.4, -0.2) is 79.0 Å². The van der Waals surface area contributed by atoms with Crippen molar-refractivity contribution in [2.75, 3.05) is 42.3 Å². The number of nitrogens with zero attached hydrogens (tertiary/aromatic N) is 4. The van der Waals surface area contributed by atoms with E-state index >= 15 is 0 Å². The quantitative estimate of drug-likeness (QED) is 0.286. The standard InChI is InChI=1S/C29H33F2N7O6S/c1-29(2)14-37(45(43,44)17-9-15(30)8-16(31)10-17)13-20-24(29)34-35-26(20)33-27(40)19-12-23(38-7-5-6-21(38)28(41)42)22(36(3)4)11-18(19)25(32)39/h8-12,21H,5-7,13-14H2,1-4H3,(H2,32,39)(H,41,42)(H2,33,34,35,40)/t21-/m0/s1. The van der Waals surface area contributed by atoms with Crippen molar-refractivity contribution in [2.24, 2.45) is 5.73 Å². The van der Waals surface area contributed by atoms with Gasteiger partial charge in [0, 0.05) is 56.5 Å². The summed E-state index contributed by atoms with van der Waals surface area (Å²) in [4.78, 5) is 41.1. The zero-order valence-electron chi connectivity index (χ0n) is 25.0. The number of amides is 2. The number of hydrogen-bond donors (Lipinski definition) is 4. The highest BCUT2D eigenvalue weighted by Crippen LogP contribution is 2.39. The van der Waals surface area contributed by atoms with Gasteiger partial charge in [-0.15, -0.1) is 0 Å². The molecule has 5 N–H and O–H groups in total. The zero-order chi connectivity index (χ0) is 33.0. The molecule has 2 amide bonds. The Bertz CT molecular complexity index is 1800. The first-order valence-corrected chi connectivity index (χ1v) is 15.4. The van der Waals surface area contributed by atoms with Crippen LogP contribution in [0.25, 0.3) is 0 Å². The topological polar surface area (TPSA) is 182 Å². The Morgan fingerprint density at radius 1 is 1.11 bits per heavy atom. The first-order valence-electron chi connectivity index (χ1n) is 14.0. The van der Waals surface area contributed by atoms with Gasteiger partial charge < -0.3 is 26.0 Å². The highest BCUT2D eigenvalue weighted by molar-refractivity contribution is 7.89. The van der Waals surface area contributed by atoms with E-state index in [2.05, 4.69) is 15.5 Å². The summed E-state index contributed by atoms with van der Waals surface area (Å²) in [6.45, 7) is 3.56. The van der Waals surface area contributed by atoms with Gasteiger partial charge in [-0.25, -0.2) is 22.0 Å². The maximum absolute atomic E-state index is 13.9. The lowest BCUT2D eigenvalue weighted by atomic mass is 9.84. The number of hydrogen-bond acceptors (Lipinski definition) is 8. The molecular weight excluding hydrogens is 612 g/mol. The number of nitrogens with one attached hydrogen (secondary N) is 2. The van der Waals surface area contributed by atoms with Crippen LogP contribution in [0.2, 0.25) is 0 Å². The molecule has 0 spiro atoms. The minimum atomic E-state index is -4.37. The summed E-state index contributed by atoms with van der Waals surface area (Å²) in [6.07, 6.45) is 1.01. The van der Waals surface area contributed by atoms with Crippen molar-refractivity contribution in [1.82, 2.24) is 14.5 Å². The normalized spacial score (nSPS) is 18.0. The molecule has 13 nitrogen and oxygen atoms in total. The molecule has 3 aromatic rings. The number of sulfonamides is 1. The van der Waals surface area contributed by atoms with Gasteiger partial charge in [-0.3, -0.25) is 14.7 Å². The highest BCUT2D eigenvalue weighted by atomic mass is 32.2. The predicted molar refractivity (Wildman–Crippen MR) is 161 cm³/mol. The molecule has 0 radical (unpaired) electrons. The lowest BCUT2D eigenvalue weighted by Crippen LogP contribution is -2.45. The monoisotopic (exact) mass is 645 g/mol. The number of fused-ring (bicyclic) bond motifs is 1. The van der Waals surface area contributed by atoms with Crippen LogP contribution in [-0.2, 0) is 26.8 Å². The van der Waals surface area contributed by atoms with Crippen LogP contribution in [0.1, 0.15) is 58.7 Å². The Hall–Kier alpha value is -4.57. The van der Waals surface area contributed by atoms with Crippen molar-refractivity contribution >= 4 is 45.0 Å². The Morgan fingerprint density at radius 3 is 2.38 bits per heavy atom. The number of primary amides is 1. The van der Waals surface area contributed by atoms with E-state index in [1.807, 2.05) is 0 Å². The third-order valence-electron chi connectivity index (χ3n) is 8.11. The molecule has 1 aromatic heterocycles. The van der Waals surface area contributed by atoms with E-state index in [1.54, 1.807) is 37.7 Å². The molecule has 45 heavy (non-hydrogen) atoms. The molecule has 16 heteroatoms. The van der Waals surface area contributed by atoms with Crippen LogP contribution in [0.15, 0.2) is 35.2 Å². The van der Waals surface area contributed by atoms with Crippen molar-refractivity contribution < 1.29 is 36.7 Å². The summed E-state index contributed by atoms with van der Waals surface area (Å²) in [6, 6.07) is 4.05. The van der Waals surface area contributed by atoms with Gasteiger partial charge in [0.25, 0.3) is 5.91 Å². The maximum atomic E-state index is 13.9. The Morgan fingerprint density at radius 2 is 1.78 bits per heavy atom. The number of carboxylic acids is 1. The fraction of sp³-hybridized carbons (Fsp3) is 0.379. The average Bonchev–Trinajstić information content (AvgIpc) is 3.59. The number of carbonyl (C=O) groups is 3. The summed E-state index contributed by atoms with van der Waals surface area (Å²) >= 11 is 0. The molecule has 1 atom stereocenters. The number of anilines is 3. The van der Waals surface area contributed by atoms with E-state index in [4.69, 9.17) is 5.73 Å². The number of halogens is 2. The highest BCUT2D eigenvalue weighted by Gasteiger charge is 2.41. The molecule has 0 aliphatic carbocycles. The summed E-state index contributed by atoms with van der Waals surface area (Å²) in [5, 5.41) is 19.5. The van der Waals surface area contributed by atoms with Crippen molar-refractivity contribution in [1.29, 1.82) is 0 Å². The fourth-order valence-electron chi connectivity index (χ4n) is 5.97. The first-order chi connectivity index (χ1) is 21.0. The molecule has 1 saturated heterocycles. The second-order valence-corrected chi connectivity index (χ2v) is 13.9. The van der Waals surface area contributed by atoms with Gasteiger partial charge in [-0.2, -0.15) is 9.40 Å². The van der Waals surface area contributed by atoms with Gasteiger partial charge in [0.15, 0.2) is 5.82 Å². The predicted octanol–water partition coefficient (Wildman–Crippen LogP) is 2.64. The van der Waals surface area contributed by atoms with Crippen molar-refractivity contribution in [3.05, 3.63) is 64.4 Å². The van der Waals surface area contributed by atoms with Crippen molar-refractivity contribution in [3.8, 4) is 0 Å². The van der Waals surface area contributed by atoms with Gasteiger partial charge >= 0.3 is 5.97 Å². The largest absolute Gasteiger partial charge is 0.480 e. The third kappa shape index (κ3) is 5.82. The lowest BCUT2D eigenvalue weighted by Gasteiger charge is -2.36. The molecule has 0 saturated carbocycles. The Kier molecular flexibility index (Phi) is 8.08. The van der Waals surface area contributed by atoms with Gasteiger partial charge in [-0.05, 0) is 37.1 Å². The number of aromatic nitrogens is 2. The van der Waals surface area contributed by atoms with Crippen molar-refractivity contribution in [3.63, 3.8) is 0 Å². The van der Waals surface area contributed by atoms with E-state index in [0.29, 0.717) is 48.1 Å². The van der Waals surface area contributed by atoms with Crippen molar-refractivity contribution in [2.45, 2.75) is 49.6 Å². The van der Waals surface area contributed by atoms with Crippen LogP contribution < -0.4 is 20.9 Å². The second-order valence-electron chi connectivity index (χ2n) is 12.0. The summed E-state index contributed by atoms with van der Waals surface area (Å²) < 4.78 is 55.9. The van der Waals surface area contributed by atoms with E-state index in [1.165, 1.54) is 12.1 Å². The van der Waals surface area contributed by atoms with E-state index in [9.17, 15) is 36.7 Å². The third-order valence-corrected chi connectivity index (χ3v) is 9.88. The number of rotatable bonds is 8. The Labute approximate surface area is 258 Å². The number of aliphatic carboxylic acids is 1. The molecule has 3 heterocycles. The molecule has 0 bridgehead atoms. The average molecular weight is 646 g/mol. The number of aromatic amines is 1. The Balaban J connectivity index is 1.54. The van der Waals surface area contributed by atoms with Crippen LogP contribution in [0.5, 0.6) is 0 Å². The van der Waals surface area contributed by atoms with E-state index in [-0.39, 0.29) is 30.0 Å². The number of benzene rings is 2. The molecule has 1 fully saturated rings. The van der Waals surface area contributed by atoms with Crippen LogP contribution >= 0.6 is 0 Å². The molecule has 5 rings (SSSR count). The number of H-pyrrole nitrogens is 1. The number of carbonyl (C=O) groups excluding carboxylic acids is 2. The summed E-state index contributed by atoms with van der Waals surface area (Å²) in [5.41, 5.74) is 6.32. The minimum absolute atomic E-state index is 0.0216. The smallest absolute Gasteiger partial charge is 0.326 e. The maximum Gasteiger partial charge on any atom is 0.326 e. The fourth-order valence-corrected chi connectivity index (χ4v) is 7.59. The van der Waals surface area contributed by atoms with Gasteiger partial charge in [0.2, 0.25) is 15.9 Å². The van der Waals surface area contributed by atoms with Crippen LogP contribution in [0.4, 0.5) is 26.0 Å². The number of nitrogens with two attached hydrogens (primary N) is 1. The van der Waals surface area contributed by atoms with E-state index < -0.39 is 55.8 Å². The van der Waals surface area contributed by atoms with E-state index in [0.717, 1.165) is 16.4 Å². The molecule has 2 aliphatic heterocycles. The van der Waals surface area contributed by atoms with Gasteiger partial charge in [0.1, 0.15) is 17.7 Å². The number of carboxylic acid groups (broad SMARTS) is 1. The molecule has 2 aromatic carbocycles. The molecule has 2 aliphatic rings. The molecule has 240 valence electrons. The SMILES string of the molecule is CN(C)c1cc(C(N)=O)c(C(=O)Nc2n[nH]c3c2CN(S(=O)(=O)c2cc(F)cc(F)c2)CC3(C)C)cc1N1CCC[C@H]1C(=O)O. The second kappa shape index (κ2) is 11.4. The lowest BCUT2D eigenvalue weighted by molar-refractivity contribution is -0.138.